The number of nitrogens with zero attached hydrogens (tertiary/aromatic N) is 1. The topological polar surface area (TPSA) is 119 Å². The number of carbonyl (C=O) groups excluding carboxylic acids is 3. The Balaban J connectivity index is 1.81. The number of sulfone groups is 1. The summed E-state index contributed by atoms with van der Waals surface area (Å²) in [5.41, 5.74) is -6.59. The highest BCUT2D eigenvalue weighted by Gasteiger charge is 2.56. The van der Waals surface area contributed by atoms with Gasteiger partial charge in [0, 0.05) is 5.69 Å². The van der Waals surface area contributed by atoms with Crippen molar-refractivity contribution in [3.8, 4) is 0 Å². The fourth-order valence-corrected chi connectivity index (χ4v) is 4.44. The molecule has 1 aromatic carbocycles. The lowest BCUT2D eigenvalue weighted by molar-refractivity contribution is -0.120. The van der Waals surface area contributed by atoms with Crippen LogP contribution in [0.4, 0.5) is 28.4 Å². The highest BCUT2D eigenvalue weighted by molar-refractivity contribution is 7.92. The van der Waals surface area contributed by atoms with Gasteiger partial charge < -0.3 is 14.8 Å². The highest BCUT2D eigenvalue weighted by atomic mass is 32.2. The SMILES string of the molecule is CC(C)(C)OC(=O)N1C(=O)O[C@H]2CC[C@@H](C(=O)Nc3cccc(S(=O)(=O)C(F)(F)F)c3)[C@H]21. The Labute approximate surface area is 181 Å². The molecule has 1 saturated carbocycles. The molecule has 176 valence electrons. The van der Waals surface area contributed by atoms with Crippen LogP contribution >= 0.6 is 0 Å². The minimum absolute atomic E-state index is 0.183. The molecule has 3 rings (SSSR count). The summed E-state index contributed by atoms with van der Waals surface area (Å²) in [6, 6.07) is 2.77. The van der Waals surface area contributed by atoms with Crippen molar-refractivity contribution in [3.05, 3.63) is 24.3 Å². The standard InChI is InChI=1S/C19H21F3N2O7S/c1-18(2,3)31-17(27)24-14-12(7-8-13(14)30-16(24)26)15(25)23-10-5-4-6-11(9-10)32(28,29)19(20,21)22/h4-6,9,12-14H,7-8H2,1-3H3,(H,23,25)/t12-,13+,14-/m1/s1. The van der Waals surface area contributed by atoms with Gasteiger partial charge in [-0.2, -0.15) is 13.2 Å². The molecule has 0 spiro atoms. The minimum atomic E-state index is -5.60. The predicted octanol–water partition coefficient (Wildman–Crippen LogP) is 3.45. The zero-order valence-electron chi connectivity index (χ0n) is 17.3. The lowest BCUT2D eigenvalue weighted by Crippen LogP contribution is -2.47. The van der Waals surface area contributed by atoms with Gasteiger partial charge in [0.15, 0.2) is 0 Å². The van der Waals surface area contributed by atoms with Gasteiger partial charge in [-0.15, -0.1) is 0 Å². The zero-order chi connectivity index (χ0) is 24.1. The van der Waals surface area contributed by atoms with Gasteiger partial charge in [-0.25, -0.2) is 22.9 Å². The first kappa shape index (κ1) is 23.8. The van der Waals surface area contributed by atoms with E-state index in [-0.39, 0.29) is 18.5 Å². The summed E-state index contributed by atoms with van der Waals surface area (Å²) in [4.78, 5) is 37.2. The smallest absolute Gasteiger partial charge is 0.443 e. The van der Waals surface area contributed by atoms with Crippen molar-refractivity contribution in [2.24, 2.45) is 5.92 Å². The Kier molecular flexibility index (Phi) is 5.91. The van der Waals surface area contributed by atoms with Gasteiger partial charge in [0.2, 0.25) is 5.91 Å². The molecule has 2 aliphatic rings. The van der Waals surface area contributed by atoms with Crippen LogP contribution in [0.25, 0.3) is 0 Å². The van der Waals surface area contributed by atoms with E-state index < -0.39 is 62.0 Å². The van der Waals surface area contributed by atoms with Crippen LogP contribution in [-0.2, 0) is 24.1 Å². The molecule has 1 saturated heterocycles. The van der Waals surface area contributed by atoms with Gasteiger partial charge in [0.25, 0.3) is 9.84 Å². The maximum atomic E-state index is 12.8. The van der Waals surface area contributed by atoms with E-state index in [0.29, 0.717) is 6.07 Å². The molecule has 32 heavy (non-hydrogen) atoms. The number of rotatable bonds is 3. The zero-order valence-corrected chi connectivity index (χ0v) is 18.1. The first-order valence-corrected chi connectivity index (χ1v) is 11.1. The van der Waals surface area contributed by atoms with Crippen molar-refractivity contribution in [3.63, 3.8) is 0 Å². The number of hydrogen-bond donors (Lipinski definition) is 1. The molecule has 9 nitrogen and oxygen atoms in total. The number of amides is 3. The maximum absolute atomic E-state index is 12.8. The number of anilines is 1. The molecule has 1 aromatic rings. The average Bonchev–Trinajstić information content (AvgIpc) is 3.16. The quantitative estimate of drug-likeness (QED) is 0.707. The normalized spacial score (nSPS) is 23.5. The fraction of sp³-hybridized carbons (Fsp3) is 0.526. The monoisotopic (exact) mass is 478 g/mol. The lowest BCUT2D eigenvalue weighted by atomic mass is 10.0. The summed E-state index contributed by atoms with van der Waals surface area (Å²) in [6.07, 6.45) is -2.15. The average molecular weight is 478 g/mol. The summed E-state index contributed by atoms with van der Waals surface area (Å²) in [6.45, 7) is 4.81. The number of benzene rings is 1. The number of carbonyl (C=O) groups is 3. The van der Waals surface area contributed by atoms with Gasteiger partial charge in [-0.3, -0.25) is 4.79 Å². The summed E-state index contributed by atoms with van der Waals surface area (Å²) in [7, 11) is -5.60. The molecule has 13 heteroatoms. The van der Waals surface area contributed by atoms with Crippen LogP contribution in [0.3, 0.4) is 0 Å². The van der Waals surface area contributed by atoms with Crippen LogP contribution in [0.5, 0.6) is 0 Å². The molecule has 3 amide bonds. The molecule has 0 unspecified atom stereocenters. The van der Waals surface area contributed by atoms with Crippen molar-refractivity contribution in [2.75, 3.05) is 5.32 Å². The Morgan fingerprint density at radius 1 is 1.19 bits per heavy atom. The second kappa shape index (κ2) is 7.94. The van der Waals surface area contributed by atoms with Crippen LogP contribution in [0, 0.1) is 5.92 Å². The van der Waals surface area contributed by atoms with E-state index in [1.807, 2.05) is 0 Å². The number of alkyl halides is 3. The van der Waals surface area contributed by atoms with Gasteiger partial charge in [-0.1, -0.05) is 6.07 Å². The summed E-state index contributed by atoms with van der Waals surface area (Å²) >= 11 is 0. The number of nitrogens with one attached hydrogen (secondary N) is 1. The molecule has 1 aliphatic heterocycles. The van der Waals surface area contributed by atoms with E-state index in [1.165, 1.54) is 6.07 Å². The Hall–Kier alpha value is -2.83. The van der Waals surface area contributed by atoms with Crippen molar-refractivity contribution >= 4 is 33.6 Å². The Morgan fingerprint density at radius 3 is 2.44 bits per heavy atom. The number of hydrogen-bond acceptors (Lipinski definition) is 7. The van der Waals surface area contributed by atoms with Gasteiger partial charge in [0.1, 0.15) is 11.7 Å². The van der Waals surface area contributed by atoms with E-state index >= 15 is 0 Å². The van der Waals surface area contributed by atoms with Crippen molar-refractivity contribution in [1.82, 2.24) is 4.90 Å². The Morgan fingerprint density at radius 2 is 1.84 bits per heavy atom. The second-order valence-corrected chi connectivity index (χ2v) is 10.4. The van der Waals surface area contributed by atoms with Crippen LogP contribution in [0.2, 0.25) is 0 Å². The van der Waals surface area contributed by atoms with Crippen LogP contribution in [0.15, 0.2) is 29.2 Å². The molecule has 1 heterocycles. The van der Waals surface area contributed by atoms with Gasteiger partial charge in [-0.05, 0) is 51.8 Å². The molecule has 3 atom stereocenters. The number of halogens is 3. The number of ether oxygens (including phenoxy) is 2. The third-order valence-corrected chi connectivity index (χ3v) is 6.43. The molecule has 2 fully saturated rings. The molecule has 0 radical (unpaired) electrons. The first-order chi connectivity index (χ1) is 14.6. The molecular formula is C19H21F3N2O7S. The number of imide groups is 1. The lowest BCUT2D eigenvalue weighted by Gasteiger charge is -2.27. The van der Waals surface area contributed by atoms with Crippen molar-refractivity contribution in [2.45, 2.75) is 61.8 Å². The molecule has 0 bridgehead atoms. The molecule has 1 aliphatic carbocycles. The summed E-state index contributed by atoms with van der Waals surface area (Å²) in [5, 5.41) is 2.37. The Bertz CT molecular complexity index is 1050. The van der Waals surface area contributed by atoms with E-state index in [4.69, 9.17) is 9.47 Å². The van der Waals surface area contributed by atoms with Crippen molar-refractivity contribution < 1.29 is 45.4 Å². The van der Waals surface area contributed by atoms with E-state index in [0.717, 1.165) is 17.0 Å². The minimum Gasteiger partial charge on any atom is -0.443 e. The number of fused-ring (bicyclic) bond motifs is 1. The van der Waals surface area contributed by atoms with E-state index in [1.54, 1.807) is 20.8 Å². The summed E-state index contributed by atoms with van der Waals surface area (Å²) in [5.74, 6) is -1.63. The highest BCUT2D eigenvalue weighted by Crippen LogP contribution is 2.39. The van der Waals surface area contributed by atoms with E-state index in [2.05, 4.69) is 5.32 Å². The second-order valence-electron chi connectivity index (χ2n) is 8.41. The van der Waals surface area contributed by atoms with E-state index in [9.17, 15) is 36.0 Å². The van der Waals surface area contributed by atoms with Crippen LogP contribution in [0.1, 0.15) is 33.6 Å². The van der Waals surface area contributed by atoms with Gasteiger partial charge in [0.05, 0.1) is 16.9 Å². The van der Waals surface area contributed by atoms with Crippen molar-refractivity contribution in [1.29, 1.82) is 0 Å². The third kappa shape index (κ3) is 4.52. The van der Waals surface area contributed by atoms with Crippen LogP contribution < -0.4 is 5.32 Å². The largest absolute Gasteiger partial charge is 0.501 e. The summed E-state index contributed by atoms with van der Waals surface area (Å²) < 4.78 is 72.0. The predicted molar refractivity (Wildman–Crippen MR) is 103 cm³/mol. The fourth-order valence-electron chi connectivity index (χ4n) is 3.63. The van der Waals surface area contributed by atoms with Crippen LogP contribution in [-0.4, -0.2) is 54.7 Å². The molecule has 0 aromatic heterocycles. The van der Waals surface area contributed by atoms with Gasteiger partial charge >= 0.3 is 17.7 Å². The maximum Gasteiger partial charge on any atom is 0.501 e. The first-order valence-electron chi connectivity index (χ1n) is 9.57. The third-order valence-electron chi connectivity index (χ3n) is 4.95. The molecular weight excluding hydrogens is 457 g/mol. The molecule has 1 N–H and O–H groups in total.